The van der Waals surface area contributed by atoms with Gasteiger partial charge in [0.15, 0.2) is 0 Å². The fourth-order valence-corrected chi connectivity index (χ4v) is 5.41. The molecule has 0 radical (unpaired) electrons. The third kappa shape index (κ3) is 26.4. The van der Waals surface area contributed by atoms with Crippen LogP contribution in [0.15, 0.2) is 0 Å². The zero-order valence-electron chi connectivity index (χ0n) is 25.5. The number of carboxylic acids is 1. The van der Waals surface area contributed by atoms with Crippen molar-refractivity contribution in [3.05, 3.63) is 0 Å². The van der Waals surface area contributed by atoms with E-state index in [1.807, 2.05) is 0 Å². The number of aliphatic carboxylic acids is 1. The van der Waals surface area contributed by atoms with Crippen LogP contribution < -0.4 is 0 Å². The summed E-state index contributed by atoms with van der Waals surface area (Å²) in [5, 5.41) is 8.98. The molecule has 0 saturated carbocycles. The summed E-state index contributed by atoms with van der Waals surface area (Å²) in [6, 6.07) is 0. The summed E-state index contributed by atoms with van der Waals surface area (Å²) in [4.78, 5) is 36.4. The maximum Gasteiger partial charge on any atom is 0.303 e. The van der Waals surface area contributed by atoms with Gasteiger partial charge in [-0.2, -0.15) is 0 Å². The van der Waals surface area contributed by atoms with Crippen molar-refractivity contribution in [3.63, 3.8) is 0 Å². The summed E-state index contributed by atoms with van der Waals surface area (Å²) in [7, 11) is 0. The van der Waals surface area contributed by atoms with Crippen molar-refractivity contribution in [1.29, 1.82) is 0 Å². The monoisotopic (exact) mass is 536 g/mol. The molecule has 0 aromatic carbocycles. The van der Waals surface area contributed by atoms with Crippen molar-refractivity contribution in [3.8, 4) is 0 Å². The molecule has 0 heterocycles. The van der Waals surface area contributed by atoms with Crippen LogP contribution in [-0.2, 0) is 14.4 Å². The number of unbranched alkanes of at least 4 members (excludes halogenated alkanes) is 20. The smallest absolute Gasteiger partial charge is 0.303 e. The predicted octanol–water partition coefficient (Wildman–Crippen LogP) is 10.8. The minimum Gasteiger partial charge on any atom is -0.481 e. The van der Waals surface area contributed by atoms with Gasteiger partial charge >= 0.3 is 5.97 Å². The first kappa shape index (κ1) is 36.8. The predicted molar refractivity (Wildman–Crippen MR) is 162 cm³/mol. The van der Waals surface area contributed by atoms with Crippen molar-refractivity contribution in [2.24, 2.45) is 5.92 Å². The molecule has 224 valence electrons. The van der Waals surface area contributed by atoms with Crippen LogP contribution >= 0.6 is 0 Å². The van der Waals surface area contributed by atoms with Crippen LogP contribution in [0.4, 0.5) is 0 Å². The van der Waals surface area contributed by atoms with Gasteiger partial charge < -0.3 is 5.11 Å². The van der Waals surface area contributed by atoms with E-state index in [4.69, 9.17) is 5.11 Å². The molecule has 0 rings (SSSR count). The number of carbonyl (C=O) groups excluding carboxylic acids is 2. The van der Waals surface area contributed by atoms with E-state index in [0.717, 1.165) is 25.7 Å². The first-order chi connectivity index (χ1) is 18.5. The van der Waals surface area contributed by atoms with Crippen LogP contribution in [0.3, 0.4) is 0 Å². The van der Waals surface area contributed by atoms with Gasteiger partial charge in [0.2, 0.25) is 0 Å². The number of ketones is 2. The molecule has 38 heavy (non-hydrogen) atoms. The summed E-state index contributed by atoms with van der Waals surface area (Å²) >= 11 is 0. The highest BCUT2D eigenvalue weighted by Gasteiger charge is 2.21. The standard InChI is InChI=1S/C34H64O4/c1-3-5-7-9-11-13-15-17-19-21-23-27-32(35)30-31(26-25-29-34(37)38)33(36)28-24-22-20-18-16-14-12-10-8-6-4-2/h31H,3-30H2,1-2H3,(H,37,38). The highest BCUT2D eigenvalue weighted by atomic mass is 16.4. The van der Waals surface area contributed by atoms with E-state index in [1.165, 1.54) is 116 Å². The van der Waals surface area contributed by atoms with E-state index in [0.29, 0.717) is 32.1 Å². The quantitative estimate of drug-likeness (QED) is 0.0894. The third-order valence-corrected chi connectivity index (χ3v) is 7.96. The Morgan fingerprint density at radius 2 is 0.842 bits per heavy atom. The summed E-state index contributed by atoms with van der Waals surface area (Å²) < 4.78 is 0. The number of hydrogen-bond donors (Lipinski definition) is 1. The Balaban J connectivity index is 4.02. The Hall–Kier alpha value is -1.19. The molecule has 1 N–H and O–H groups in total. The summed E-state index contributed by atoms with van der Waals surface area (Å²) in [6.07, 6.45) is 30.2. The van der Waals surface area contributed by atoms with Crippen molar-refractivity contribution in [2.45, 2.75) is 194 Å². The zero-order valence-corrected chi connectivity index (χ0v) is 25.5. The van der Waals surface area contributed by atoms with Crippen molar-refractivity contribution in [2.75, 3.05) is 0 Å². The molecule has 4 nitrogen and oxygen atoms in total. The molecular weight excluding hydrogens is 472 g/mol. The van der Waals surface area contributed by atoms with Gasteiger partial charge in [0.1, 0.15) is 11.6 Å². The maximum absolute atomic E-state index is 12.9. The number of carbonyl (C=O) groups is 3. The number of carboxylic acid groups (broad SMARTS) is 1. The van der Waals surface area contributed by atoms with Crippen LogP contribution in [0, 0.1) is 5.92 Å². The summed E-state index contributed by atoms with van der Waals surface area (Å²) in [6.45, 7) is 4.50. The molecule has 0 amide bonds. The first-order valence-electron chi connectivity index (χ1n) is 16.8. The zero-order chi connectivity index (χ0) is 28.1. The maximum atomic E-state index is 12.9. The third-order valence-electron chi connectivity index (χ3n) is 7.96. The lowest BCUT2D eigenvalue weighted by atomic mass is 9.88. The fraction of sp³-hybridized carbons (Fsp3) is 0.912. The van der Waals surface area contributed by atoms with Gasteiger partial charge in [-0.25, -0.2) is 0 Å². The SMILES string of the molecule is CCCCCCCCCCCCCC(=O)CC(CCCC(=O)O)C(=O)CCCCCCCCCCCCC. The molecule has 0 aromatic rings. The second-order valence-corrected chi connectivity index (χ2v) is 11.8. The van der Waals surface area contributed by atoms with Gasteiger partial charge in [0, 0.05) is 31.6 Å². The first-order valence-corrected chi connectivity index (χ1v) is 16.8. The summed E-state index contributed by atoms with van der Waals surface area (Å²) in [5.41, 5.74) is 0. The fourth-order valence-electron chi connectivity index (χ4n) is 5.41. The largest absolute Gasteiger partial charge is 0.481 e. The lowest BCUT2D eigenvalue weighted by molar-refractivity contribution is -0.137. The van der Waals surface area contributed by atoms with E-state index < -0.39 is 5.97 Å². The van der Waals surface area contributed by atoms with Crippen LogP contribution in [0.1, 0.15) is 194 Å². The number of Topliss-reactive ketones (excluding diaryl/α,β-unsaturated/α-hetero) is 2. The lowest BCUT2D eigenvalue weighted by Crippen LogP contribution is -2.19. The molecule has 0 saturated heterocycles. The lowest BCUT2D eigenvalue weighted by Gasteiger charge is -2.15. The Morgan fingerprint density at radius 3 is 1.24 bits per heavy atom. The molecule has 0 fully saturated rings. The summed E-state index contributed by atoms with van der Waals surface area (Å²) in [5.74, 6) is -0.737. The molecule has 0 aliphatic heterocycles. The van der Waals surface area contributed by atoms with Gasteiger partial charge in [0.05, 0.1) is 0 Å². The average Bonchev–Trinajstić information content (AvgIpc) is 2.89. The Kier molecular flexibility index (Phi) is 27.9. The Morgan fingerprint density at radius 1 is 0.474 bits per heavy atom. The van der Waals surface area contributed by atoms with E-state index in [9.17, 15) is 14.4 Å². The van der Waals surface area contributed by atoms with Crippen LogP contribution in [0.25, 0.3) is 0 Å². The highest BCUT2D eigenvalue weighted by molar-refractivity contribution is 5.88. The van der Waals surface area contributed by atoms with Crippen LogP contribution in [0.5, 0.6) is 0 Å². The number of rotatable bonds is 31. The molecule has 1 atom stereocenters. The van der Waals surface area contributed by atoms with Gasteiger partial charge in [0.25, 0.3) is 0 Å². The molecule has 0 bridgehead atoms. The second-order valence-electron chi connectivity index (χ2n) is 11.8. The molecule has 0 aromatic heterocycles. The number of hydrogen-bond acceptors (Lipinski definition) is 3. The van der Waals surface area contributed by atoms with Gasteiger partial charge in [-0.1, -0.05) is 142 Å². The van der Waals surface area contributed by atoms with Crippen LogP contribution in [-0.4, -0.2) is 22.6 Å². The van der Waals surface area contributed by atoms with E-state index in [1.54, 1.807) is 0 Å². The normalized spacial score (nSPS) is 12.1. The topological polar surface area (TPSA) is 71.4 Å². The van der Waals surface area contributed by atoms with Crippen molar-refractivity contribution < 1.29 is 19.5 Å². The Bertz CT molecular complexity index is 557. The molecule has 0 aliphatic carbocycles. The van der Waals surface area contributed by atoms with Gasteiger partial charge in [-0.3, -0.25) is 14.4 Å². The Labute approximate surface area is 236 Å². The van der Waals surface area contributed by atoms with Gasteiger partial charge in [-0.05, 0) is 25.7 Å². The minimum absolute atomic E-state index is 0.0784. The molecule has 4 heteroatoms. The van der Waals surface area contributed by atoms with Gasteiger partial charge in [-0.15, -0.1) is 0 Å². The minimum atomic E-state index is -0.825. The molecular formula is C34H64O4. The van der Waals surface area contributed by atoms with E-state index >= 15 is 0 Å². The van der Waals surface area contributed by atoms with Crippen molar-refractivity contribution in [1.82, 2.24) is 0 Å². The second kappa shape index (κ2) is 28.8. The van der Waals surface area contributed by atoms with Crippen molar-refractivity contribution >= 4 is 17.5 Å². The van der Waals surface area contributed by atoms with E-state index in [-0.39, 0.29) is 23.9 Å². The average molecular weight is 537 g/mol. The van der Waals surface area contributed by atoms with E-state index in [2.05, 4.69) is 13.8 Å². The molecule has 0 spiro atoms. The molecule has 1 unspecified atom stereocenters. The highest BCUT2D eigenvalue weighted by Crippen LogP contribution is 2.21. The molecule has 0 aliphatic rings. The van der Waals surface area contributed by atoms with Crippen LogP contribution in [0.2, 0.25) is 0 Å².